The van der Waals surface area contributed by atoms with E-state index >= 15 is 0 Å². The van der Waals surface area contributed by atoms with E-state index in [4.69, 9.17) is 0 Å². The maximum atomic E-state index is 12.6. The molecule has 0 aliphatic carbocycles. The number of carbonyl (C=O) groups excluding carboxylic acids is 1. The first-order chi connectivity index (χ1) is 13.8. The second-order valence-electron chi connectivity index (χ2n) is 6.75. The third-order valence-electron chi connectivity index (χ3n) is 4.76. The van der Waals surface area contributed by atoms with Crippen molar-refractivity contribution in [2.45, 2.75) is 6.42 Å². The molecule has 4 aromatic rings. The molecular formula is C25H22N2O. The molecule has 0 aromatic heterocycles. The molecule has 0 saturated heterocycles. The van der Waals surface area contributed by atoms with Crippen LogP contribution >= 0.6 is 0 Å². The molecule has 0 aliphatic rings. The Morgan fingerprint density at radius 1 is 0.679 bits per heavy atom. The van der Waals surface area contributed by atoms with Crippen molar-refractivity contribution < 1.29 is 4.79 Å². The largest absolute Gasteiger partial charge is 0.376 e. The summed E-state index contributed by atoms with van der Waals surface area (Å²) in [6, 6.07) is 32.4. The molecule has 0 spiro atoms. The lowest BCUT2D eigenvalue weighted by Crippen LogP contribution is -2.22. The van der Waals surface area contributed by atoms with E-state index in [0.29, 0.717) is 0 Å². The van der Waals surface area contributed by atoms with Gasteiger partial charge < -0.3 is 10.6 Å². The van der Waals surface area contributed by atoms with Gasteiger partial charge >= 0.3 is 0 Å². The van der Waals surface area contributed by atoms with Gasteiger partial charge in [-0.15, -0.1) is 0 Å². The van der Waals surface area contributed by atoms with Crippen LogP contribution in [0.25, 0.3) is 10.8 Å². The second-order valence-corrected chi connectivity index (χ2v) is 6.75. The van der Waals surface area contributed by atoms with Crippen molar-refractivity contribution in [3.8, 4) is 0 Å². The summed E-state index contributed by atoms with van der Waals surface area (Å²) < 4.78 is 0. The third-order valence-corrected chi connectivity index (χ3v) is 4.76. The molecule has 0 atom stereocenters. The van der Waals surface area contributed by atoms with Gasteiger partial charge in [0.05, 0.1) is 6.54 Å². The van der Waals surface area contributed by atoms with E-state index in [1.165, 1.54) is 5.56 Å². The van der Waals surface area contributed by atoms with Gasteiger partial charge in [0.2, 0.25) is 5.91 Å². The molecule has 0 radical (unpaired) electrons. The molecule has 2 N–H and O–H groups in total. The minimum absolute atomic E-state index is 0.0616. The Morgan fingerprint density at radius 2 is 1.36 bits per heavy atom. The second kappa shape index (κ2) is 8.40. The molecule has 0 aliphatic heterocycles. The zero-order valence-corrected chi connectivity index (χ0v) is 15.6. The molecular weight excluding hydrogens is 344 g/mol. The molecule has 0 unspecified atom stereocenters. The standard InChI is InChI=1S/C25H22N2O/c28-25(18-26-24-16-8-13-20-11-4-6-14-22(20)24)27-23-15-7-5-12-21(23)17-19-9-2-1-3-10-19/h1-16,26H,17-18H2,(H,27,28). The van der Waals surface area contributed by atoms with Crippen LogP contribution in [-0.4, -0.2) is 12.5 Å². The number of rotatable bonds is 6. The van der Waals surface area contributed by atoms with Gasteiger partial charge in [0.25, 0.3) is 0 Å². The summed E-state index contributed by atoms with van der Waals surface area (Å²) in [6.07, 6.45) is 0.786. The average molecular weight is 366 g/mol. The Kier molecular flexibility index (Phi) is 5.34. The van der Waals surface area contributed by atoms with Gasteiger partial charge in [0.15, 0.2) is 0 Å². The van der Waals surface area contributed by atoms with Gasteiger partial charge in [0.1, 0.15) is 0 Å². The van der Waals surface area contributed by atoms with Crippen LogP contribution in [0.5, 0.6) is 0 Å². The predicted molar refractivity (Wildman–Crippen MR) is 117 cm³/mol. The monoisotopic (exact) mass is 366 g/mol. The summed E-state index contributed by atoms with van der Waals surface area (Å²) >= 11 is 0. The van der Waals surface area contributed by atoms with Crippen LogP contribution in [0.2, 0.25) is 0 Å². The van der Waals surface area contributed by atoms with Crippen LogP contribution in [0.15, 0.2) is 97.1 Å². The molecule has 138 valence electrons. The van der Waals surface area contributed by atoms with Crippen molar-refractivity contribution in [2.24, 2.45) is 0 Å². The summed E-state index contributed by atoms with van der Waals surface area (Å²) in [5, 5.41) is 8.58. The molecule has 0 saturated carbocycles. The van der Waals surface area contributed by atoms with Crippen LogP contribution in [0.3, 0.4) is 0 Å². The van der Waals surface area contributed by atoms with E-state index in [9.17, 15) is 4.79 Å². The molecule has 4 aromatic carbocycles. The number of fused-ring (bicyclic) bond motifs is 1. The van der Waals surface area contributed by atoms with Gasteiger partial charge in [0, 0.05) is 16.8 Å². The van der Waals surface area contributed by atoms with E-state index in [2.05, 4.69) is 47.0 Å². The Hall–Kier alpha value is -3.59. The minimum atomic E-state index is -0.0616. The first-order valence-corrected chi connectivity index (χ1v) is 9.43. The van der Waals surface area contributed by atoms with Crippen molar-refractivity contribution in [3.63, 3.8) is 0 Å². The van der Waals surface area contributed by atoms with Crippen molar-refractivity contribution in [3.05, 3.63) is 108 Å². The molecule has 3 heteroatoms. The number of hydrogen-bond acceptors (Lipinski definition) is 2. The van der Waals surface area contributed by atoms with Crippen molar-refractivity contribution in [1.82, 2.24) is 0 Å². The van der Waals surface area contributed by atoms with Gasteiger partial charge in [-0.2, -0.15) is 0 Å². The Bertz CT molecular complexity index is 1080. The maximum Gasteiger partial charge on any atom is 0.243 e. The highest BCUT2D eigenvalue weighted by Crippen LogP contribution is 2.23. The number of para-hydroxylation sites is 1. The number of nitrogens with one attached hydrogen (secondary N) is 2. The average Bonchev–Trinajstić information content (AvgIpc) is 2.74. The van der Waals surface area contributed by atoms with Crippen molar-refractivity contribution in [1.29, 1.82) is 0 Å². The molecule has 0 heterocycles. The molecule has 4 rings (SSSR count). The third kappa shape index (κ3) is 4.21. The predicted octanol–water partition coefficient (Wildman–Crippen LogP) is 5.48. The van der Waals surface area contributed by atoms with Gasteiger partial charge in [-0.1, -0.05) is 84.9 Å². The highest BCUT2D eigenvalue weighted by Gasteiger charge is 2.08. The minimum Gasteiger partial charge on any atom is -0.376 e. The Morgan fingerprint density at radius 3 is 2.25 bits per heavy atom. The fourth-order valence-electron chi connectivity index (χ4n) is 3.36. The smallest absolute Gasteiger partial charge is 0.243 e. The van der Waals surface area contributed by atoms with Gasteiger partial charge in [-0.25, -0.2) is 0 Å². The van der Waals surface area contributed by atoms with E-state index in [1.807, 2.05) is 60.7 Å². The van der Waals surface area contributed by atoms with Crippen molar-refractivity contribution in [2.75, 3.05) is 17.2 Å². The fourth-order valence-corrected chi connectivity index (χ4v) is 3.36. The summed E-state index contributed by atoms with van der Waals surface area (Å²) in [5.41, 5.74) is 4.15. The first kappa shape index (κ1) is 17.8. The molecule has 3 nitrogen and oxygen atoms in total. The SMILES string of the molecule is O=C(CNc1cccc2ccccc12)Nc1ccccc1Cc1ccccc1. The van der Waals surface area contributed by atoms with Gasteiger partial charge in [-0.3, -0.25) is 4.79 Å². The highest BCUT2D eigenvalue weighted by atomic mass is 16.1. The van der Waals surface area contributed by atoms with Gasteiger partial charge in [-0.05, 0) is 35.1 Å². The number of amides is 1. The molecule has 0 fully saturated rings. The quantitative estimate of drug-likeness (QED) is 0.474. The van der Waals surface area contributed by atoms with Crippen LogP contribution in [0.1, 0.15) is 11.1 Å². The lowest BCUT2D eigenvalue weighted by molar-refractivity contribution is -0.114. The number of carbonyl (C=O) groups is 1. The molecule has 28 heavy (non-hydrogen) atoms. The lowest BCUT2D eigenvalue weighted by atomic mass is 10.0. The Balaban J connectivity index is 1.44. The number of hydrogen-bond donors (Lipinski definition) is 2. The summed E-state index contributed by atoms with van der Waals surface area (Å²) in [6.45, 7) is 0.216. The topological polar surface area (TPSA) is 41.1 Å². The summed E-state index contributed by atoms with van der Waals surface area (Å²) in [4.78, 5) is 12.6. The highest BCUT2D eigenvalue weighted by molar-refractivity contribution is 5.98. The van der Waals surface area contributed by atoms with Crippen LogP contribution < -0.4 is 10.6 Å². The lowest BCUT2D eigenvalue weighted by Gasteiger charge is -2.13. The van der Waals surface area contributed by atoms with Crippen LogP contribution in [0, 0.1) is 0 Å². The fraction of sp³-hybridized carbons (Fsp3) is 0.0800. The van der Waals surface area contributed by atoms with Crippen LogP contribution in [0.4, 0.5) is 11.4 Å². The van der Waals surface area contributed by atoms with E-state index < -0.39 is 0 Å². The zero-order valence-electron chi connectivity index (χ0n) is 15.6. The molecule has 1 amide bonds. The van der Waals surface area contributed by atoms with Crippen molar-refractivity contribution >= 4 is 28.1 Å². The molecule has 0 bridgehead atoms. The number of anilines is 2. The van der Waals surface area contributed by atoms with Crippen LogP contribution in [-0.2, 0) is 11.2 Å². The summed E-state index contributed by atoms with van der Waals surface area (Å²) in [7, 11) is 0. The normalized spacial score (nSPS) is 10.6. The first-order valence-electron chi connectivity index (χ1n) is 9.43. The zero-order chi connectivity index (χ0) is 19.2. The van der Waals surface area contributed by atoms with E-state index in [-0.39, 0.29) is 12.5 Å². The Labute approximate surface area is 165 Å². The number of benzene rings is 4. The van der Waals surface area contributed by atoms with E-state index in [1.54, 1.807) is 0 Å². The summed E-state index contributed by atoms with van der Waals surface area (Å²) in [5.74, 6) is -0.0616. The maximum absolute atomic E-state index is 12.6. The van der Waals surface area contributed by atoms with E-state index in [0.717, 1.165) is 34.1 Å².